The summed E-state index contributed by atoms with van der Waals surface area (Å²) in [5.74, 6) is 0.704. The second-order valence-electron chi connectivity index (χ2n) is 9.52. The first-order valence-corrected chi connectivity index (χ1v) is 12.6. The maximum atomic E-state index is 12.5. The molecular weight excluding hydrogens is 446 g/mol. The highest BCUT2D eigenvalue weighted by molar-refractivity contribution is 6.29. The van der Waals surface area contributed by atoms with Crippen LogP contribution < -0.4 is 5.56 Å². The van der Waals surface area contributed by atoms with Crippen molar-refractivity contribution in [2.24, 2.45) is 5.92 Å². The van der Waals surface area contributed by atoms with Crippen LogP contribution in [0.5, 0.6) is 0 Å². The number of hydrogen-bond donors (Lipinski definition) is 1. The van der Waals surface area contributed by atoms with Gasteiger partial charge >= 0.3 is 0 Å². The summed E-state index contributed by atoms with van der Waals surface area (Å²) in [6, 6.07) is 16.9. The molecule has 176 valence electrons. The average molecular weight is 476 g/mol. The van der Waals surface area contributed by atoms with Crippen molar-refractivity contribution in [2.45, 2.75) is 44.7 Å². The number of benzene rings is 1. The van der Waals surface area contributed by atoms with Crippen LogP contribution in [0.2, 0.25) is 5.15 Å². The quantitative estimate of drug-likeness (QED) is 0.532. The van der Waals surface area contributed by atoms with E-state index < -0.39 is 0 Å². The highest BCUT2D eigenvalue weighted by Crippen LogP contribution is 2.39. The summed E-state index contributed by atoms with van der Waals surface area (Å²) in [4.78, 5) is 24.7. The van der Waals surface area contributed by atoms with Crippen molar-refractivity contribution in [2.75, 3.05) is 26.2 Å². The Hall–Kier alpha value is -2.72. The molecule has 0 amide bonds. The Morgan fingerprint density at radius 2 is 1.79 bits per heavy atom. The van der Waals surface area contributed by atoms with Gasteiger partial charge in [0.15, 0.2) is 0 Å². The molecule has 1 saturated carbocycles. The molecule has 3 aromatic rings. The van der Waals surface area contributed by atoms with E-state index in [9.17, 15) is 10.1 Å². The van der Waals surface area contributed by atoms with Crippen molar-refractivity contribution in [1.82, 2.24) is 19.8 Å². The van der Waals surface area contributed by atoms with Crippen LogP contribution in [-0.2, 0) is 6.54 Å². The minimum atomic E-state index is -0.366. The molecule has 0 unspecified atom stereocenters. The van der Waals surface area contributed by atoms with E-state index in [1.807, 2.05) is 0 Å². The molecule has 0 radical (unpaired) electrons. The Labute approximate surface area is 205 Å². The monoisotopic (exact) mass is 475 g/mol. The van der Waals surface area contributed by atoms with Gasteiger partial charge in [0.25, 0.3) is 5.56 Å². The largest absolute Gasteiger partial charge is 0.319 e. The minimum absolute atomic E-state index is 0.133. The number of halogens is 1. The number of fused-ring (bicyclic) bond motifs is 1. The van der Waals surface area contributed by atoms with Gasteiger partial charge in [-0.15, -0.1) is 0 Å². The zero-order valence-corrected chi connectivity index (χ0v) is 20.1. The number of aromatic amines is 1. The van der Waals surface area contributed by atoms with Gasteiger partial charge in [0.05, 0.1) is 11.0 Å². The summed E-state index contributed by atoms with van der Waals surface area (Å²) in [7, 11) is 0. The molecule has 1 saturated heterocycles. The number of H-pyrrole nitrogens is 1. The molecule has 5 rings (SSSR count). The van der Waals surface area contributed by atoms with Gasteiger partial charge in [-0.25, -0.2) is 4.98 Å². The molecule has 2 fully saturated rings. The first-order chi connectivity index (χ1) is 16.6. The summed E-state index contributed by atoms with van der Waals surface area (Å²) in [5.41, 5.74) is 3.08. The Bertz CT molecular complexity index is 1240. The molecule has 6 nitrogen and oxygen atoms in total. The van der Waals surface area contributed by atoms with E-state index in [0.29, 0.717) is 40.3 Å². The molecule has 0 bridgehead atoms. The first kappa shape index (κ1) is 23.0. The molecule has 1 aliphatic heterocycles. The van der Waals surface area contributed by atoms with Crippen LogP contribution in [0.15, 0.2) is 47.3 Å². The fourth-order valence-electron chi connectivity index (χ4n) is 5.78. The van der Waals surface area contributed by atoms with Gasteiger partial charge in [-0.05, 0) is 36.5 Å². The normalized spacial score (nSPS) is 19.2. The van der Waals surface area contributed by atoms with Crippen LogP contribution in [0.4, 0.5) is 0 Å². The molecule has 7 heteroatoms. The van der Waals surface area contributed by atoms with E-state index >= 15 is 0 Å². The van der Waals surface area contributed by atoms with E-state index in [1.54, 1.807) is 12.1 Å². The molecule has 2 aliphatic rings. The molecule has 1 N–H and O–H groups in total. The van der Waals surface area contributed by atoms with Gasteiger partial charge in [0.1, 0.15) is 16.8 Å². The summed E-state index contributed by atoms with van der Waals surface area (Å²) in [6.45, 7) is 4.22. The lowest BCUT2D eigenvalue weighted by molar-refractivity contribution is 0.0548. The summed E-state index contributed by atoms with van der Waals surface area (Å²) >= 11 is 6.15. The second kappa shape index (κ2) is 10.3. The molecule has 3 heterocycles. The zero-order chi connectivity index (χ0) is 23.5. The van der Waals surface area contributed by atoms with Gasteiger partial charge in [0, 0.05) is 44.3 Å². The maximum Gasteiger partial charge on any atom is 0.266 e. The standard InChI is InChI=1S/C27H30ClN5O/c28-24-12-11-23-25(31-24)22(21(17-29)27(34)30-23)18-32-13-15-33(16-14-32)26(19-7-3-1-4-8-19)20-9-5-2-6-10-20/h1,3-4,7-8,11-12,20,26H,2,5-6,9-10,13-16,18H2,(H,30,34)/t26-/m1/s1. The lowest BCUT2D eigenvalue weighted by Gasteiger charge is -2.43. The highest BCUT2D eigenvalue weighted by atomic mass is 35.5. The Morgan fingerprint density at radius 1 is 1.06 bits per heavy atom. The molecule has 1 aliphatic carbocycles. The zero-order valence-electron chi connectivity index (χ0n) is 19.3. The molecule has 1 aromatic carbocycles. The molecule has 1 atom stereocenters. The van der Waals surface area contributed by atoms with Crippen molar-refractivity contribution < 1.29 is 0 Å². The van der Waals surface area contributed by atoms with Crippen molar-refractivity contribution in [3.8, 4) is 6.07 Å². The van der Waals surface area contributed by atoms with E-state index in [0.717, 1.165) is 26.2 Å². The van der Waals surface area contributed by atoms with Crippen molar-refractivity contribution >= 4 is 22.6 Å². The second-order valence-corrected chi connectivity index (χ2v) is 9.90. The molecule has 0 spiro atoms. The van der Waals surface area contributed by atoms with E-state index in [1.165, 1.54) is 37.7 Å². The van der Waals surface area contributed by atoms with Crippen LogP contribution in [0.3, 0.4) is 0 Å². The lowest BCUT2D eigenvalue weighted by Crippen LogP contribution is -2.49. The van der Waals surface area contributed by atoms with Gasteiger partial charge in [0.2, 0.25) is 0 Å². The van der Waals surface area contributed by atoms with E-state index in [2.05, 4.69) is 56.2 Å². The molecule has 34 heavy (non-hydrogen) atoms. The third-order valence-electron chi connectivity index (χ3n) is 7.46. The Balaban J connectivity index is 1.36. The van der Waals surface area contributed by atoms with Crippen LogP contribution in [0, 0.1) is 17.2 Å². The topological polar surface area (TPSA) is 76.0 Å². The summed E-state index contributed by atoms with van der Waals surface area (Å²) < 4.78 is 0. The number of pyridine rings is 2. The van der Waals surface area contributed by atoms with Crippen molar-refractivity contribution in [3.05, 3.63) is 74.7 Å². The summed E-state index contributed by atoms with van der Waals surface area (Å²) in [6.07, 6.45) is 6.62. The molecular formula is C27H30ClN5O. The summed E-state index contributed by atoms with van der Waals surface area (Å²) in [5, 5.41) is 10.0. The van der Waals surface area contributed by atoms with Crippen LogP contribution in [-0.4, -0.2) is 45.9 Å². The maximum absolute atomic E-state index is 12.5. The van der Waals surface area contributed by atoms with E-state index in [-0.39, 0.29) is 11.1 Å². The SMILES string of the molecule is N#Cc1c(CN2CCN([C@H](c3ccccc3)C3CCCCC3)CC2)c2nc(Cl)ccc2[nH]c1=O. The molecule has 2 aromatic heterocycles. The number of piperazine rings is 1. The van der Waals surface area contributed by atoms with Crippen molar-refractivity contribution in [1.29, 1.82) is 5.26 Å². The number of hydrogen-bond acceptors (Lipinski definition) is 5. The lowest BCUT2D eigenvalue weighted by atomic mass is 9.80. The van der Waals surface area contributed by atoms with Gasteiger partial charge < -0.3 is 4.98 Å². The smallest absolute Gasteiger partial charge is 0.266 e. The van der Waals surface area contributed by atoms with Gasteiger partial charge in [-0.1, -0.05) is 61.2 Å². The number of nitrogens with one attached hydrogen (secondary N) is 1. The fourth-order valence-corrected chi connectivity index (χ4v) is 5.93. The number of rotatable bonds is 5. The Kier molecular flexibility index (Phi) is 6.96. The Morgan fingerprint density at radius 3 is 2.50 bits per heavy atom. The predicted octanol–water partition coefficient (Wildman–Crippen LogP) is 4.89. The number of nitriles is 1. The number of nitrogens with zero attached hydrogens (tertiary/aromatic N) is 4. The third kappa shape index (κ3) is 4.74. The van der Waals surface area contributed by atoms with Gasteiger partial charge in [-0.3, -0.25) is 14.6 Å². The van der Waals surface area contributed by atoms with Crippen LogP contribution in [0.25, 0.3) is 11.0 Å². The predicted molar refractivity (Wildman–Crippen MR) is 135 cm³/mol. The highest BCUT2D eigenvalue weighted by Gasteiger charge is 2.32. The average Bonchev–Trinajstić information content (AvgIpc) is 2.87. The van der Waals surface area contributed by atoms with E-state index in [4.69, 9.17) is 11.6 Å². The minimum Gasteiger partial charge on any atom is -0.319 e. The third-order valence-corrected chi connectivity index (χ3v) is 7.67. The van der Waals surface area contributed by atoms with Crippen LogP contribution >= 0.6 is 11.6 Å². The first-order valence-electron chi connectivity index (χ1n) is 12.3. The number of aromatic nitrogens is 2. The van der Waals surface area contributed by atoms with Gasteiger partial charge in [-0.2, -0.15) is 5.26 Å². The van der Waals surface area contributed by atoms with Crippen molar-refractivity contribution in [3.63, 3.8) is 0 Å². The van der Waals surface area contributed by atoms with Crippen LogP contribution in [0.1, 0.15) is 54.8 Å². The fraction of sp³-hybridized carbons (Fsp3) is 0.444.